The van der Waals surface area contributed by atoms with Crippen LogP contribution in [-0.4, -0.2) is 23.2 Å². The average molecular weight is 268 g/mol. The highest BCUT2D eigenvalue weighted by atomic mass is 16.4. The van der Waals surface area contributed by atoms with Gasteiger partial charge < -0.3 is 5.11 Å². The lowest BCUT2D eigenvalue weighted by Crippen LogP contribution is -2.26. The lowest BCUT2D eigenvalue weighted by atomic mass is 10.2. The Kier molecular flexibility index (Phi) is 4.24. The largest absolute Gasteiger partial charge is 0.477 e. The van der Waals surface area contributed by atoms with E-state index >= 15 is 0 Å². The highest BCUT2D eigenvalue weighted by molar-refractivity contribution is 6.23. The number of carbonyl (C=O) groups is 2. The van der Waals surface area contributed by atoms with Gasteiger partial charge in [0.15, 0.2) is 0 Å². The number of carboxylic acids is 1. The third kappa shape index (κ3) is 3.29. The normalized spacial score (nSPS) is 10.4. The van der Waals surface area contributed by atoms with E-state index in [0.29, 0.717) is 17.5 Å². The number of hydrogen-bond donors (Lipinski definition) is 1. The fraction of sp³-hybridized carbons (Fsp3) is 0. The molecular weight excluding hydrogens is 256 g/mol. The molecule has 0 aliphatic carbocycles. The highest BCUT2D eigenvalue weighted by Crippen LogP contribution is 2.17. The molecule has 1 amide bonds. The first-order valence-corrected chi connectivity index (χ1v) is 5.90. The first kappa shape index (κ1) is 13.5. The summed E-state index contributed by atoms with van der Waals surface area (Å²) in [6.07, 6.45) is 0.688. The Hall–Kier alpha value is -2.95. The quantitative estimate of drug-likeness (QED) is 0.683. The van der Waals surface area contributed by atoms with Crippen LogP contribution < -0.4 is 5.01 Å². The summed E-state index contributed by atoms with van der Waals surface area (Å²) in [5.41, 5.74) is 0.928. The molecule has 0 spiro atoms. The molecule has 0 saturated heterocycles. The fourth-order valence-corrected chi connectivity index (χ4v) is 1.62. The molecule has 5 nitrogen and oxygen atoms in total. The van der Waals surface area contributed by atoms with Gasteiger partial charge in [-0.2, -0.15) is 10.1 Å². The van der Waals surface area contributed by atoms with E-state index in [1.807, 2.05) is 0 Å². The van der Waals surface area contributed by atoms with E-state index in [-0.39, 0.29) is 0 Å². The zero-order valence-corrected chi connectivity index (χ0v) is 10.5. The maximum atomic E-state index is 12.4. The van der Waals surface area contributed by atoms with Crippen molar-refractivity contribution in [3.63, 3.8) is 0 Å². The Morgan fingerprint density at radius 3 is 2.05 bits per heavy atom. The number of anilines is 1. The van der Waals surface area contributed by atoms with Crippen molar-refractivity contribution in [2.24, 2.45) is 5.10 Å². The summed E-state index contributed by atoms with van der Waals surface area (Å²) >= 11 is 0. The van der Waals surface area contributed by atoms with E-state index in [1.165, 1.54) is 0 Å². The summed E-state index contributed by atoms with van der Waals surface area (Å²) in [5.74, 6) is -1.61. The number of amides is 1. The summed E-state index contributed by atoms with van der Waals surface area (Å²) in [6.45, 7) is 0. The first-order chi connectivity index (χ1) is 9.68. The molecule has 0 atom stereocenters. The number of carboxylic acid groups (broad SMARTS) is 1. The molecule has 0 aliphatic rings. The van der Waals surface area contributed by atoms with Gasteiger partial charge in [0.25, 0.3) is 5.91 Å². The van der Waals surface area contributed by atoms with Crippen molar-refractivity contribution in [2.45, 2.75) is 0 Å². The summed E-state index contributed by atoms with van der Waals surface area (Å²) in [7, 11) is 0. The van der Waals surface area contributed by atoms with Crippen LogP contribution in [0.5, 0.6) is 0 Å². The molecule has 0 bridgehead atoms. The Morgan fingerprint density at radius 2 is 1.50 bits per heavy atom. The Morgan fingerprint density at radius 1 is 0.950 bits per heavy atom. The van der Waals surface area contributed by atoms with Crippen LogP contribution in [0.15, 0.2) is 65.8 Å². The fourth-order valence-electron chi connectivity index (χ4n) is 1.62. The van der Waals surface area contributed by atoms with Gasteiger partial charge >= 0.3 is 5.97 Å². The number of carbonyl (C=O) groups excluding carboxylic acids is 1. The summed E-state index contributed by atoms with van der Waals surface area (Å²) < 4.78 is 0. The van der Waals surface area contributed by atoms with Crippen molar-refractivity contribution in [3.05, 3.63) is 66.2 Å². The predicted octanol–water partition coefficient (Wildman–Crippen LogP) is 2.40. The molecule has 0 unspecified atom stereocenters. The van der Waals surface area contributed by atoms with Crippen LogP contribution in [0.2, 0.25) is 0 Å². The molecule has 20 heavy (non-hydrogen) atoms. The van der Waals surface area contributed by atoms with Crippen molar-refractivity contribution >= 4 is 23.8 Å². The Balaban J connectivity index is 2.37. The number of nitrogens with zero attached hydrogens (tertiary/aromatic N) is 2. The smallest absolute Gasteiger partial charge is 0.348 e. The second-order valence-corrected chi connectivity index (χ2v) is 3.90. The molecule has 100 valence electrons. The number of para-hydroxylation sites is 1. The average Bonchev–Trinajstić information content (AvgIpc) is 2.49. The molecule has 0 radical (unpaired) electrons. The Bertz CT molecular complexity index is 624. The minimum Gasteiger partial charge on any atom is -0.477 e. The molecule has 0 fully saturated rings. The number of rotatable bonds is 4. The molecule has 0 saturated carbocycles. The molecule has 0 aliphatic heterocycles. The van der Waals surface area contributed by atoms with Crippen molar-refractivity contribution in [1.29, 1.82) is 0 Å². The highest BCUT2D eigenvalue weighted by Gasteiger charge is 2.16. The van der Waals surface area contributed by atoms with Crippen LogP contribution in [0.3, 0.4) is 0 Å². The third-order valence-corrected chi connectivity index (χ3v) is 2.50. The van der Waals surface area contributed by atoms with Gasteiger partial charge in [0.2, 0.25) is 0 Å². The van der Waals surface area contributed by atoms with Crippen LogP contribution >= 0.6 is 0 Å². The van der Waals surface area contributed by atoms with Gasteiger partial charge in [-0.3, -0.25) is 4.79 Å². The summed E-state index contributed by atoms with van der Waals surface area (Å²) in [5, 5.41) is 13.5. The summed E-state index contributed by atoms with van der Waals surface area (Å²) in [4.78, 5) is 23.0. The van der Waals surface area contributed by atoms with Crippen molar-refractivity contribution in [2.75, 3.05) is 5.01 Å². The molecule has 5 heteroatoms. The summed E-state index contributed by atoms with van der Waals surface area (Å²) in [6, 6.07) is 17.2. The molecule has 2 rings (SSSR count). The van der Waals surface area contributed by atoms with E-state index in [1.54, 1.807) is 60.7 Å². The topological polar surface area (TPSA) is 70.0 Å². The zero-order valence-electron chi connectivity index (χ0n) is 10.5. The van der Waals surface area contributed by atoms with Gasteiger partial charge in [-0.25, -0.2) is 4.79 Å². The second-order valence-electron chi connectivity index (χ2n) is 3.90. The first-order valence-electron chi connectivity index (χ1n) is 5.90. The van der Waals surface area contributed by atoms with Crippen LogP contribution in [0.4, 0.5) is 5.69 Å². The molecule has 2 aromatic carbocycles. The van der Waals surface area contributed by atoms with E-state index in [9.17, 15) is 9.59 Å². The predicted molar refractivity (Wildman–Crippen MR) is 75.8 cm³/mol. The van der Waals surface area contributed by atoms with Crippen molar-refractivity contribution in [1.82, 2.24) is 0 Å². The van der Waals surface area contributed by atoms with E-state index in [0.717, 1.165) is 5.01 Å². The standard InChI is InChI=1S/C15H12N2O3/c18-14(19)11-16-17(13-9-5-2-6-10-13)15(20)12-7-3-1-4-8-12/h1-11H,(H,18,19)/b16-11+. The number of benzene rings is 2. The monoisotopic (exact) mass is 268 g/mol. The van der Waals surface area contributed by atoms with E-state index in [2.05, 4.69) is 5.10 Å². The Labute approximate surface area is 115 Å². The molecule has 1 N–H and O–H groups in total. The van der Waals surface area contributed by atoms with Crippen LogP contribution in [0.25, 0.3) is 0 Å². The van der Waals surface area contributed by atoms with Gasteiger partial charge in [-0.1, -0.05) is 36.4 Å². The minimum absolute atomic E-state index is 0.394. The van der Waals surface area contributed by atoms with Gasteiger partial charge in [-0.15, -0.1) is 0 Å². The maximum Gasteiger partial charge on any atom is 0.348 e. The van der Waals surface area contributed by atoms with Crippen molar-refractivity contribution < 1.29 is 14.7 Å². The van der Waals surface area contributed by atoms with Crippen LogP contribution in [0, 0.1) is 0 Å². The minimum atomic E-state index is -1.22. The van der Waals surface area contributed by atoms with E-state index in [4.69, 9.17) is 5.11 Å². The third-order valence-electron chi connectivity index (χ3n) is 2.50. The molecule has 2 aromatic rings. The molecule has 0 heterocycles. The van der Waals surface area contributed by atoms with Gasteiger partial charge in [0.05, 0.1) is 5.69 Å². The van der Waals surface area contributed by atoms with E-state index < -0.39 is 11.9 Å². The van der Waals surface area contributed by atoms with Gasteiger partial charge in [0, 0.05) is 5.56 Å². The SMILES string of the molecule is O=C(O)/C=N/N(C(=O)c1ccccc1)c1ccccc1. The molecule has 0 aromatic heterocycles. The van der Waals surface area contributed by atoms with Crippen LogP contribution in [-0.2, 0) is 4.79 Å². The number of aliphatic carboxylic acids is 1. The lowest BCUT2D eigenvalue weighted by Gasteiger charge is -2.16. The number of hydrazone groups is 1. The van der Waals surface area contributed by atoms with Gasteiger partial charge in [0.1, 0.15) is 6.21 Å². The second kappa shape index (κ2) is 6.29. The zero-order chi connectivity index (χ0) is 14.4. The maximum absolute atomic E-state index is 12.4. The number of hydrogen-bond acceptors (Lipinski definition) is 3. The van der Waals surface area contributed by atoms with Gasteiger partial charge in [-0.05, 0) is 24.3 Å². The lowest BCUT2D eigenvalue weighted by molar-refractivity contribution is -0.128. The molecular formula is C15H12N2O3. The van der Waals surface area contributed by atoms with Crippen LogP contribution in [0.1, 0.15) is 10.4 Å². The van der Waals surface area contributed by atoms with Crippen molar-refractivity contribution in [3.8, 4) is 0 Å².